The quantitative estimate of drug-likeness (QED) is 0.759. The van der Waals surface area contributed by atoms with E-state index < -0.39 is 9.84 Å². The van der Waals surface area contributed by atoms with Gasteiger partial charge in [-0.25, -0.2) is 8.42 Å². The van der Waals surface area contributed by atoms with E-state index in [0.717, 1.165) is 25.8 Å². The van der Waals surface area contributed by atoms with Gasteiger partial charge in [0, 0.05) is 13.1 Å². The van der Waals surface area contributed by atoms with Crippen molar-refractivity contribution in [2.45, 2.75) is 33.1 Å². The molecule has 1 rings (SSSR count). The molecule has 0 spiro atoms. The van der Waals surface area contributed by atoms with Crippen molar-refractivity contribution in [3.63, 3.8) is 0 Å². The van der Waals surface area contributed by atoms with Crippen LogP contribution in [0.2, 0.25) is 0 Å². The van der Waals surface area contributed by atoms with E-state index in [1.807, 2.05) is 20.9 Å². The molecule has 118 valence electrons. The Hall–Kier alpha value is -0.620. The van der Waals surface area contributed by atoms with E-state index in [9.17, 15) is 13.2 Å². The first-order chi connectivity index (χ1) is 9.34. The van der Waals surface area contributed by atoms with Gasteiger partial charge in [-0.15, -0.1) is 0 Å². The lowest BCUT2D eigenvalue weighted by Crippen LogP contribution is -2.42. The normalized spacial score (nSPS) is 17.7. The summed E-state index contributed by atoms with van der Waals surface area (Å²) in [7, 11) is -1.32. The molecule has 1 saturated heterocycles. The van der Waals surface area contributed by atoms with Crippen molar-refractivity contribution in [3.8, 4) is 0 Å². The smallest absolute Gasteiger partial charge is 0.237 e. The highest BCUT2D eigenvalue weighted by Crippen LogP contribution is 2.20. The van der Waals surface area contributed by atoms with E-state index in [-0.39, 0.29) is 23.3 Å². The monoisotopic (exact) mass is 304 g/mol. The predicted octanol–water partition coefficient (Wildman–Crippen LogP) is 0.905. The first kappa shape index (κ1) is 17.4. The summed E-state index contributed by atoms with van der Waals surface area (Å²) in [6, 6.07) is 0. The summed E-state index contributed by atoms with van der Waals surface area (Å²) < 4.78 is 23.7. The molecule has 1 aliphatic rings. The van der Waals surface area contributed by atoms with Gasteiger partial charge >= 0.3 is 0 Å². The lowest BCUT2D eigenvalue weighted by atomic mass is 9.93. The maximum atomic E-state index is 12.1. The molecule has 20 heavy (non-hydrogen) atoms. The van der Waals surface area contributed by atoms with Crippen molar-refractivity contribution in [3.05, 3.63) is 0 Å². The van der Waals surface area contributed by atoms with Crippen LogP contribution in [0, 0.1) is 11.8 Å². The molecule has 0 saturated carbocycles. The molecule has 0 aromatic rings. The molecule has 0 bridgehead atoms. The zero-order chi connectivity index (χ0) is 15.2. The van der Waals surface area contributed by atoms with Crippen LogP contribution in [-0.4, -0.2) is 57.4 Å². The van der Waals surface area contributed by atoms with Gasteiger partial charge in [-0.2, -0.15) is 0 Å². The fraction of sp³-hybridized carbons (Fsp3) is 0.929. The van der Waals surface area contributed by atoms with Crippen molar-refractivity contribution in [1.82, 2.24) is 10.2 Å². The van der Waals surface area contributed by atoms with Gasteiger partial charge in [0.25, 0.3) is 0 Å². The number of nitrogens with one attached hydrogen (secondary N) is 1. The van der Waals surface area contributed by atoms with E-state index in [0.29, 0.717) is 19.0 Å². The fourth-order valence-corrected chi connectivity index (χ4v) is 4.36. The van der Waals surface area contributed by atoms with Gasteiger partial charge in [-0.05, 0) is 44.7 Å². The summed E-state index contributed by atoms with van der Waals surface area (Å²) >= 11 is 0. The van der Waals surface area contributed by atoms with Crippen molar-refractivity contribution in [2.75, 3.05) is 38.2 Å². The van der Waals surface area contributed by atoms with Crippen LogP contribution < -0.4 is 5.32 Å². The Labute approximate surface area is 123 Å². The molecule has 1 aliphatic heterocycles. The van der Waals surface area contributed by atoms with Crippen LogP contribution in [0.3, 0.4) is 0 Å². The van der Waals surface area contributed by atoms with E-state index in [4.69, 9.17) is 0 Å². The highest BCUT2D eigenvalue weighted by atomic mass is 32.2. The number of carbonyl (C=O) groups excluding carboxylic acids is 1. The lowest BCUT2D eigenvalue weighted by molar-refractivity contribution is -0.129. The minimum absolute atomic E-state index is 0.0695. The van der Waals surface area contributed by atoms with Gasteiger partial charge in [0.15, 0.2) is 9.84 Å². The molecule has 0 aliphatic carbocycles. The van der Waals surface area contributed by atoms with Gasteiger partial charge in [0.05, 0.1) is 5.75 Å². The van der Waals surface area contributed by atoms with Crippen molar-refractivity contribution < 1.29 is 13.2 Å². The standard InChI is InChI=1S/C14H28N2O3S/c1-12(2)10-20(18,19)11-14(17)16-8-5-13(6-9-16)4-7-15-3/h12-13,15H,4-11H2,1-3H3. The summed E-state index contributed by atoms with van der Waals surface area (Å²) in [6.45, 7) is 6.11. The number of hydrogen-bond acceptors (Lipinski definition) is 4. The van der Waals surface area contributed by atoms with Gasteiger partial charge in [-0.1, -0.05) is 13.8 Å². The Balaban J connectivity index is 2.39. The Kier molecular flexibility index (Phi) is 6.95. The summed E-state index contributed by atoms with van der Waals surface area (Å²) in [5.41, 5.74) is 0. The second kappa shape index (κ2) is 7.98. The second-order valence-electron chi connectivity index (χ2n) is 6.16. The first-order valence-electron chi connectivity index (χ1n) is 7.47. The molecule has 0 radical (unpaired) electrons. The minimum Gasteiger partial charge on any atom is -0.342 e. The van der Waals surface area contributed by atoms with Crippen molar-refractivity contribution in [1.29, 1.82) is 0 Å². The number of hydrogen-bond donors (Lipinski definition) is 1. The van der Waals surface area contributed by atoms with E-state index >= 15 is 0 Å². The Bertz CT molecular complexity index is 399. The number of carbonyl (C=O) groups is 1. The fourth-order valence-electron chi connectivity index (χ4n) is 2.67. The molecular formula is C14H28N2O3S. The Morgan fingerprint density at radius 1 is 1.30 bits per heavy atom. The number of piperidine rings is 1. The number of nitrogens with zero attached hydrogens (tertiary/aromatic N) is 1. The molecule has 0 atom stereocenters. The van der Waals surface area contributed by atoms with Gasteiger partial charge in [0.1, 0.15) is 5.75 Å². The van der Waals surface area contributed by atoms with E-state index in [2.05, 4.69) is 5.32 Å². The topological polar surface area (TPSA) is 66.5 Å². The van der Waals surface area contributed by atoms with Crippen molar-refractivity contribution >= 4 is 15.7 Å². The molecule has 0 unspecified atom stereocenters. The average Bonchev–Trinajstić information content (AvgIpc) is 2.34. The molecule has 6 heteroatoms. The zero-order valence-electron chi connectivity index (χ0n) is 12.9. The van der Waals surface area contributed by atoms with Gasteiger partial charge in [-0.3, -0.25) is 4.79 Å². The SMILES string of the molecule is CNCCC1CCN(C(=O)CS(=O)(=O)CC(C)C)CC1. The molecule has 0 aromatic heterocycles. The summed E-state index contributed by atoms with van der Waals surface area (Å²) in [4.78, 5) is 13.8. The zero-order valence-corrected chi connectivity index (χ0v) is 13.7. The van der Waals surface area contributed by atoms with Gasteiger partial charge in [0.2, 0.25) is 5.91 Å². The molecular weight excluding hydrogens is 276 g/mol. The second-order valence-corrected chi connectivity index (χ2v) is 8.27. The maximum absolute atomic E-state index is 12.1. The molecule has 1 N–H and O–H groups in total. The Morgan fingerprint density at radius 2 is 1.90 bits per heavy atom. The van der Waals surface area contributed by atoms with Crippen LogP contribution in [0.25, 0.3) is 0 Å². The predicted molar refractivity (Wildman–Crippen MR) is 81.3 cm³/mol. The highest BCUT2D eigenvalue weighted by molar-refractivity contribution is 7.92. The molecule has 5 nitrogen and oxygen atoms in total. The summed E-state index contributed by atoms with van der Waals surface area (Å²) in [6.07, 6.45) is 3.10. The average molecular weight is 304 g/mol. The van der Waals surface area contributed by atoms with Crippen LogP contribution in [0.15, 0.2) is 0 Å². The minimum atomic E-state index is -3.26. The lowest BCUT2D eigenvalue weighted by Gasteiger charge is -2.32. The highest BCUT2D eigenvalue weighted by Gasteiger charge is 2.26. The number of rotatable bonds is 7. The number of amides is 1. The third kappa shape index (κ3) is 6.22. The van der Waals surface area contributed by atoms with Crippen LogP contribution in [0.1, 0.15) is 33.1 Å². The van der Waals surface area contributed by atoms with Crippen LogP contribution in [0.5, 0.6) is 0 Å². The van der Waals surface area contributed by atoms with Crippen molar-refractivity contribution in [2.24, 2.45) is 11.8 Å². The van der Waals surface area contributed by atoms with Crippen LogP contribution in [-0.2, 0) is 14.6 Å². The van der Waals surface area contributed by atoms with Crippen LogP contribution >= 0.6 is 0 Å². The molecule has 1 heterocycles. The van der Waals surface area contributed by atoms with Crippen LogP contribution in [0.4, 0.5) is 0 Å². The van der Waals surface area contributed by atoms with E-state index in [1.165, 1.54) is 0 Å². The first-order valence-corrected chi connectivity index (χ1v) is 9.29. The third-order valence-electron chi connectivity index (χ3n) is 3.70. The summed E-state index contributed by atoms with van der Waals surface area (Å²) in [5, 5.41) is 3.14. The largest absolute Gasteiger partial charge is 0.342 e. The molecule has 1 amide bonds. The van der Waals surface area contributed by atoms with E-state index in [1.54, 1.807) is 4.90 Å². The van der Waals surface area contributed by atoms with Gasteiger partial charge < -0.3 is 10.2 Å². The molecule has 0 aromatic carbocycles. The maximum Gasteiger partial charge on any atom is 0.237 e. The Morgan fingerprint density at radius 3 is 2.40 bits per heavy atom. The number of sulfone groups is 1. The molecule has 1 fully saturated rings. The third-order valence-corrected chi connectivity index (χ3v) is 5.56. The summed E-state index contributed by atoms with van der Waals surface area (Å²) in [5.74, 6) is 0.264. The number of likely N-dealkylation sites (tertiary alicyclic amines) is 1.